The molecule has 46 heavy (non-hydrogen) atoms. The lowest BCUT2D eigenvalue weighted by Gasteiger charge is -2.21. The van der Waals surface area contributed by atoms with Crippen LogP contribution in [0.15, 0.2) is 118 Å². The Morgan fingerprint density at radius 1 is 0.870 bits per heavy atom. The highest BCUT2D eigenvalue weighted by Gasteiger charge is 2.30. The first-order valence-corrected chi connectivity index (χ1v) is 15.6. The van der Waals surface area contributed by atoms with Gasteiger partial charge in [0.25, 0.3) is 0 Å². The summed E-state index contributed by atoms with van der Waals surface area (Å²) in [7, 11) is 0. The molecule has 7 rings (SSSR count). The molecule has 1 atom stereocenters. The van der Waals surface area contributed by atoms with E-state index < -0.39 is 0 Å². The first kappa shape index (κ1) is 29.2. The van der Waals surface area contributed by atoms with Gasteiger partial charge in [0.05, 0.1) is 24.8 Å². The summed E-state index contributed by atoms with van der Waals surface area (Å²) < 4.78 is 18.0. The molecule has 2 aromatic heterocycles. The van der Waals surface area contributed by atoms with Crippen LogP contribution in [0.3, 0.4) is 0 Å². The van der Waals surface area contributed by atoms with Crippen LogP contribution in [0, 0.1) is 6.92 Å². The Labute approximate surface area is 267 Å². The minimum absolute atomic E-state index is 0.0433. The number of carbonyl (C=O) groups excluding carboxylic acids is 1. The van der Waals surface area contributed by atoms with Crippen LogP contribution in [0.5, 0.6) is 5.75 Å². The van der Waals surface area contributed by atoms with Crippen LogP contribution in [0.4, 0.5) is 5.69 Å². The Bertz CT molecular complexity index is 1910. The van der Waals surface area contributed by atoms with Crippen LogP contribution in [0.25, 0.3) is 11.5 Å². The fourth-order valence-electron chi connectivity index (χ4n) is 5.44. The molecule has 2 heterocycles. The van der Waals surface area contributed by atoms with E-state index in [2.05, 4.69) is 20.5 Å². The predicted octanol–water partition coefficient (Wildman–Crippen LogP) is 8.16. The Kier molecular flexibility index (Phi) is 8.41. The first-order chi connectivity index (χ1) is 22.6. The predicted molar refractivity (Wildman–Crippen MR) is 175 cm³/mol. The molecule has 0 radical (unpaired) electrons. The van der Waals surface area contributed by atoms with Gasteiger partial charge in [-0.3, -0.25) is 4.79 Å². The van der Waals surface area contributed by atoms with E-state index in [4.69, 9.17) is 13.6 Å². The maximum atomic E-state index is 13.5. The lowest BCUT2D eigenvalue weighted by atomic mass is 9.99. The molecule has 6 aromatic rings. The Morgan fingerprint density at radius 2 is 1.59 bits per heavy atom. The summed E-state index contributed by atoms with van der Waals surface area (Å²) in [5.41, 5.74) is 4.81. The number of ketones is 1. The molecular formula is C38H34N4O4. The second-order valence-electron chi connectivity index (χ2n) is 11.5. The van der Waals surface area contributed by atoms with Crippen molar-refractivity contribution in [1.29, 1.82) is 0 Å². The third-order valence-corrected chi connectivity index (χ3v) is 8.13. The van der Waals surface area contributed by atoms with E-state index in [1.165, 1.54) is 0 Å². The number of ether oxygens (including phenoxy) is 1. The minimum Gasteiger partial charge on any atom is -0.493 e. The van der Waals surface area contributed by atoms with E-state index in [1.807, 2.05) is 116 Å². The van der Waals surface area contributed by atoms with Gasteiger partial charge in [-0.15, -0.1) is 10.2 Å². The molecule has 1 fully saturated rings. The second kappa shape index (κ2) is 13.2. The van der Waals surface area contributed by atoms with Crippen molar-refractivity contribution in [2.24, 2.45) is 0 Å². The lowest BCUT2D eigenvalue weighted by Crippen LogP contribution is -2.16. The number of nitrogens with zero attached hydrogens (tertiary/aromatic N) is 3. The van der Waals surface area contributed by atoms with Gasteiger partial charge in [-0.25, -0.2) is 4.98 Å². The van der Waals surface area contributed by atoms with Crippen molar-refractivity contribution in [3.05, 3.63) is 149 Å². The number of benzene rings is 4. The number of oxazole rings is 1. The number of para-hydroxylation sites is 1. The maximum Gasteiger partial charge on any atom is 0.226 e. The lowest BCUT2D eigenvalue weighted by molar-refractivity contribution is 0.103. The molecule has 0 bridgehead atoms. The van der Waals surface area contributed by atoms with Crippen molar-refractivity contribution < 1.29 is 18.4 Å². The van der Waals surface area contributed by atoms with E-state index in [1.54, 1.807) is 0 Å². The molecule has 1 aliphatic carbocycles. The van der Waals surface area contributed by atoms with E-state index in [0.29, 0.717) is 54.2 Å². The number of hydrogen-bond acceptors (Lipinski definition) is 8. The van der Waals surface area contributed by atoms with Crippen LogP contribution >= 0.6 is 0 Å². The summed E-state index contributed by atoms with van der Waals surface area (Å²) in [4.78, 5) is 18.1. The van der Waals surface area contributed by atoms with Gasteiger partial charge in [0, 0.05) is 34.7 Å². The summed E-state index contributed by atoms with van der Waals surface area (Å²) in [6.07, 6.45) is 3.26. The monoisotopic (exact) mass is 610 g/mol. The van der Waals surface area contributed by atoms with Crippen molar-refractivity contribution in [3.8, 4) is 17.2 Å². The van der Waals surface area contributed by atoms with Gasteiger partial charge < -0.3 is 18.9 Å². The van der Waals surface area contributed by atoms with Gasteiger partial charge >= 0.3 is 0 Å². The molecule has 0 unspecified atom stereocenters. The average molecular weight is 611 g/mol. The van der Waals surface area contributed by atoms with E-state index >= 15 is 0 Å². The Balaban J connectivity index is 1.07. The largest absolute Gasteiger partial charge is 0.493 e. The van der Waals surface area contributed by atoms with Crippen LogP contribution in [-0.2, 0) is 12.8 Å². The SMILES string of the molecule is Cc1oc(-c2ccccc2)nc1CCOc1ccc([C@H](Cc2nnc(C3CC3)o2)Nc2ccccc2C(=O)c2ccccc2)cc1. The third-order valence-electron chi connectivity index (χ3n) is 8.13. The van der Waals surface area contributed by atoms with Gasteiger partial charge in [-0.05, 0) is 61.7 Å². The molecule has 230 valence electrons. The molecule has 0 aliphatic heterocycles. The van der Waals surface area contributed by atoms with Gasteiger partial charge in [0.1, 0.15) is 11.5 Å². The van der Waals surface area contributed by atoms with E-state index in [9.17, 15) is 4.79 Å². The molecule has 4 aromatic carbocycles. The third kappa shape index (κ3) is 6.76. The number of nitrogens with one attached hydrogen (secondary N) is 1. The van der Waals surface area contributed by atoms with Crippen molar-refractivity contribution in [2.75, 3.05) is 11.9 Å². The van der Waals surface area contributed by atoms with Gasteiger partial charge in [-0.1, -0.05) is 72.8 Å². The topological polar surface area (TPSA) is 103 Å². The summed E-state index contributed by atoms with van der Waals surface area (Å²) in [6.45, 7) is 2.39. The summed E-state index contributed by atoms with van der Waals surface area (Å²) in [6, 6.07) is 34.5. The van der Waals surface area contributed by atoms with Crippen LogP contribution < -0.4 is 10.1 Å². The highest BCUT2D eigenvalue weighted by molar-refractivity contribution is 6.12. The standard InChI is InChI=1S/C38H34N4O4/c1-25-32(40-37(45-25)28-12-6-3-7-13-28)22-23-44-30-20-18-26(19-21-30)34(24-35-41-42-38(46-35)29-16-17-29)39-33-15-9-8-14-31(33)36(43)27-10-4-2-5-11-27/h2-15,18-21,29,34,39H,16-17,22-24H2,1H3/t34-/m0/s1. The summed E-state index contributed by atoms with van der Waals surface area (Å²) >= 11 is 0. The van der Waals surface area contributed by atoms with Crippen molar-refractivity contribution in [1.82, 2.24) is 15.2 Å². The van der Waals surface area contributed by atoms with Crippen molar-refractivity contribution >= 4 is 11.5 Å². The van der Waals surface area contributed by atoms with Crippen LogP contribution in [0.1, 0.15) is 69.5 Å². The average Bonchev–Trinajstić information content (AvgIpc) is 3.74. The highest BCUT2D eigenvalue weighted by Crippen LogP contribution is 2.39. The molecule has 1 aliphatic rings. The number of carbonyl (C=O) groups is 1. The highest BCUT2D eigenvalue weighted by atomic mass is 16.5. The zero-order chi connectivity index (χ0) is 31.3. The molecule has 0 amide bonds. The number of anilines is 1. The molecule has 1 saturated carbocycles. The van der Waals surface area contributed by atoms with Crippen molar-refractivity contribution in [2.45, 2.75) is 44.6 Å². The van der Waals surface area contributed by atoms with Gasteiger partial charge in [0.15, 0.2) is 5.78 Å². The van der Waals surface area contributed by atoms with Crippen LogP contribution in [-0.4, -0.2) is 27.6 Å². The smallest absolute Gasteiger partial charge is 0.226 e. The number of aryl methyl sites for hydroxylation is 1. The number of hydrogen-bond donors (Lipinski definition) is 1. The zero-order valence-corrected chi connectivity index (χ0v) is 25.6. The maximum absolute atomic E-state index is 13.5. The normalized spacial score (nSPS) is 13.3. The molecule has 0 saturated heterocycles. The molecular weight excluding hydrogens is 576 g/mol. The first-order valence-electron chi connectivity index (χ1n) is 15.6. The summed E-state index contributed by atoms with van der Waals surface area (Å²) in [5, 5.41) is 12.2. The van der Waals surface area contributed by atoms with Gasteiger partial charge in [-0.2, -0.15) is 0 Å². The Hall–Kier alpha value is -5.50. The molecule has 0 spiro atoms. The Morgan fingerprint density at radius 3 is 2.35 bits per heavy atom. The zero-order valence-electron chi connectivity index (χ0n) is 25.6. The fraction of sp³-hybridized carbons (Fsp3) is 0.211. The quantitative estimate of drug-likeness (QED) is 0.131. The van der Waals surface area contributed by atoms with E-state index in [0.717, 1.165) is 46.9 Å². The van der Waals surface area contributed by atoms with Crippen LogP contribution in [0.2, 0.25) is 0 Å². The fourth-order valence-corrected chi connectivity index (χ4v) is 5.44. The molecule has 8 heteroatoms. The van der Waals surface area contributed by atoms with Crippen molar-refractivity contribution in [3.63, 3.8) is 0 Å². The molecule has 8 nitrogen and oxygen atoms in total. The number of rotatable bonds is 13. The second-order valence-corrected chi connectivity index (χ2v) is 11.5. The van der Waals surface area contributed by atoms with Gasteiger partial charge in [0.2, 0.25) is 17.7 Å². The van der Waals surface area contributed by atoms with E-state index in [-0.39, 0.29) is 11.8 Å². The number of aromatic nitrogens is 3. The summed E-state index contributed by atoms with van der Waals surface area (Å²) in [5.74, 6) is 3.76. The minimum atomic E-state index is -0.236. The molecule has 1 N–H and O–H groups in total.